The molecule has 1 amide bonds. The second-order valence-electron chi connectivity index (χ2n) is 4.26. The summed E-state index contributed by atoms with van der Waals surface area (Å²) in [5.41, 5.74) is 0. The minimum Gasteiger partial charge on any atom is -0.373 e. The number of hydrogen-bond acceptors (Lipinski definition) is 5. The Bertz CT molecular complexity index is 397. The number of likely N-dealkylation sites (N-methyl/N-ethyl adjacent to an activating group) is 1. The molecule has 1 heterocycles. The topological polar surface area (TPSA) is 70.2 Å². The van der Waals surface area contributed by atoms with Gasteiger partial charge in [0.25, 0.3) is 0 Å². The zero-order chi connectivity index (χ0) is 13.7. The molecule has 0 aliphatic rings. The molecule has 1 unspecified atom stereocenters. The van der Waals surface area contributed by atoms with E-state index in [0.29, 0.717) is 5.82 Å². The molecule has 1 atom stereocenters. The van der Waals surface area contributed by atoms with Gasteiger partial charge in [-0.05, 0) is 6.92 Å². The fourth-order valence-corrected chi connectivity index (χ4v) is 1.53. The molecule has 18 heavy (non-hydrogen) atoms. The van der Waals surface area contributed by atoms with Crippen LogP contribution in [-0.4, -0.2) is 48.0 Å². The summed E-state index contributed by atoms with van der Waals surface area (Å²) in [5, 5.41) is 6.07. The van der Waals surface area contributed by atoms with Crippen molar-refractivity contribution in [3.8, 4) is 0 Å². The molecule has 0 aliphatic heterocycles. The third kappa shape index (κ3) is 3.58. The molecule has 0 fully saturated rings. The highest BCUT2D eigenvalue weighted by Crippen LogP contribution is 2.12. The largest absolute Gasteiger partial charge is 0.373 e. The van der Waals surface area contributed by atoms with E-state index < -0.39 is 0 Å². The van der Waals surface area contributed by atoms with Gasteiger partial charge >= 0.3 is 0 Å². The highest BCUT2D eigenvalue weighted by Gasteiger charge is 2.15. The zero-order valence-electron chi connectivity index (χ0n) is 11.6. The number of hydrogen-bond donors (Lipinski definition) is 2. The lowest BCUT2D eigenvalue weighted by molar-refractivity contribution is -0.129. The molecule has 6 heteroatoms. The highest BCUT2D eigenvalue weighted by molar-refractivity contribution is 5.83. The van der Waals surface area contributed by atoms with Crippen molar-refractivity contribution in [1.29, 1.82) is 0 Å². The van der Waals surface area contributed by atoms with E-state index in [0.717, 1.165) is 18.1 Å². The molecule has 1 aromatic rings. The Morgan fingerprint density at radius 3 is 2.50 bits per heavy atom. The minimum absolute atomic E-state index is 0.0117. The van der Waals surface area contributed by atoms with Crippen LogP contribution in [0.3, 0.4) is 0 Å². The van der Waals surface area contributed by atoms with E-state index in [9.17, 15) is 4.79 Å². The molecular weight excluding hydrogens is 230 g/mol. The van der Waals surface area contributed by atoms with Crippen molar-refractivity contribution < 1.29 is 4.79 Å². The van der Waals surface area contributed by atoms with E-state index in [1.807, 2.05) is 13.8 Å². The third-order valence-electron chi connectivity index (χ3n) is 2.52. The van der Waals surface area contributed by atoms with Crippen molar-refractivity contribution in [2.24, 2.45) is 0 Å². The summed E-state index contributed by atoms with van der Waals surface area (Å²) in [4.78, 5) is 22.0. The summed E-state index contributed by atoms with van der Waals surface area (Å²) >= 11 is 0. The van der Waals surface area contributed by atoms with Crippen LogP contribution in [0.2, 0.25) is 0 Å². The zero-order valence-corrected chi connectivity index (χ0v) is 11.6. The normalized spacial score (nSPS) is 11.8. The van der Waals surface area contributed by atoms with Crippen LogP contribution >= 0.6 is 0 Å². The van der Waals surface area contributed by atoms with Crippen LogP contribution in [0.5, 0.6) is 0 Å². The predicted octanol–water partition coefficient (Wildman–Crippen LogP) is 0.969. The van der Waals surface area contributed by atoms with Crippen molar-refractivity contribution in [2.75, 3.05) is 31.8 Å². The van der Waals surface area contributed by atoms with Gasteiger partial charge in [0.1, 0.15) is 23.5 Å². The lowest BCUT2D eigenvalue weighted by Crippen LogP contribution is -2.36. The smallest absolute Gasteiger partial charge is 0.244 e. The van der Waals surface area contributed by atoms with Crippen LogP contribution < -0.4 is 10.6 Å². The van der Waals surface area contributed by atoms with Gasteiger partial charge in [0.2, 0.25) is 5.91 Å². The maximum absolute atomic E-state index is 11.8. The Balaban J connectivity index is 2.86. The van der Waals surface area contributed by atoms with Crippen molar-refractivity contribution >= 4 is 17.5 Å². The predicted molar refractivity (Wildman–Crippen MR) is 72.7 cm³/mol. The number of carbonyl (C=O) groups excluding carboxylic acids is 1. The van der Waals surface area contributed by atoms with Gasteiger partial charge in [0.15, 0.2) is 0 Å². The molecule has 0 spiro atoms. The Morgan fingerprint density at radius 2 is 2.00 bits per heavy atom. The number of rotatable bonds is 5. The molecular formula is C12H21N5O. The van der Waals surface area contributed by atoms with Crippen LogP contribution in [0.1, 0.15) is 19.7 Å². The first-order chi connectivity index (χ1) is 8.47. The molecule has 0 saturated heterocycles. The van der Waals surface area contributed by atoms with E-state index in [1.54, 1.807) is 32.1 Å². The summed E-state index contributed by atoms with van der Waals surface area (Å²) in [6.07, 6.45) is 0.750. The molecule has 0 aromatic carbocycles. The second kappa shape index (κ2) is 6.18. The first kappa shape index (κ1) is 14.2. The number of aryl methyl sites for hydroxylation is 1. The molecule has 1 aromatic heterocycles. The van der Waals surface area contributed by atoms with Crippen LogP contribution in [0, 0.1) is 0 Å². The quantitative estimate of drug-likeness (QED) is 0.816. The van der Waals surface area contributed by atoms with E-state index in [2.05, 4.69) is 20.6 Å². The Hall–Kier alpha value is -1.85. The van der Waals surface area contributed by atoms with E-state index in [-0.39, 0.29) is 11.9 Å². The van der Waals surface area contributed by atoms with Gasteiger partial charge in [-0.25, -0.2) is 9.97 Å². The number of nitrogens with one attached hydrogen (secondary N) is 2. The molecule has 6 nitrogen and oxygen atoms in total. The molecule has 100 valence electrons. The number of anilines is 2. The van der Waals surface area contributed by atoms with Crippen LogP contribution in [0.25, 0.3) is 0 Å². The fourth-order valence-electron chi connectivity index (χ4n) is 1.53. The maximum Gasteiger partial charge on any atom is 0.244 e. The van der Waals surface area contributed by atoms with Crippen LogP contribution in [0.15, 0.2) is 6.07 Å². The highest BCUT2D eigenvalue weighted by atomic mass is 16.2. The lowest BCUT2D eigenvalue weighted by Gasteiger charge is -2.19. The van der Waals surface area contributed by atoms with Crippen molar-refractivity contribution in [3.05, 3.63) is 11.9 Å². The van der Waals surface area contributed by atoms with E-state index in [1.165, 1.54) is 0 Å². The monoisotopic (exact) mass is 251 g/mol. The first-order valence-electron chi connectivity index (χ1n) is 6.01. The summed E-state index contributed by atoms with van der Waals surface area (Å²) in [6.45, 7) is 3.81. The second-order valence-corrected chi connectivity index (χ2v) is 4.26. The molecule has 0 aliphatic carbocycles. The third-order valence-corrected chi connectivity index (χ3v) is 2.52. The van der Waals surface area contributed by atoms with Gasteiger partial charge < -0.3 is 15.5 Å². The van der Waals surface area contributed by atoms with Crippen LogP contribution in [-0.2, 0) is 11.2 Å². The van der Waals surface area contributed by atoms with E-state index >= 15 is 0 Å². The number of amides is 1. The minimum atomic E-state index is -0.315. The summed E-state index contributed by atoms with van der Waals surface area (Å²) in [7, 11) is 5.27. The SMILES string of the molecule is CCc1nc(NC)cc(NC(C)C(=O)N(C)C)n1. The van der Waals surface area contributed by atoms with Crippen LogP contribution in [0.4, 0.5) is 11.6 Å². The Labute approximate surface area is 108 Å². The molecule has 2 N–H and O–H groups in total. The molecule has 0 saturated carbocycles. The fraction of sp³-hybridized carbons (Fsp3) is 0.583. The molecule has 1 rings (SSSR count). The Kier molecular flexibility index (Phi) is 4.88. The average molecular weight is 251 g/mol. The number of aromatic nitrogens is 2. The van der Waals surface area contributed by atoms with Crippen molar-refractivity contribution in [3.63, 3.8) is 0 Å². The average Bonchev–Trinajstić information content (AvgIpc) is 2.36. The molecule has 0 radical (unpaired) electrons. The van der Waals surface area contributed by atoms with E-state index in [4.69, 9.17) is 0 Å². The standard InChI is InChI=1S/C12H21N5O/c1-6-9-15-10(13-3)7-11(16-9)14-8(2)12(18)17(4)5/h7-8H,6H2,1-5H3,(H2,13,14,15,16). The van der Waals surface area contributed by atoms with Crippen molar-refractivity contribution in [1.82, 2.24) is 14.9 Å². The lowest BCUT2D eigenvalue weighted by atomic mass is 10.3. The van der Waals surface area contributed by atoms with Crippen molar-refractivity contribution in [2.45, 2.75) is 26.3 Å². The summed E-state index contributed by atoms with van der Waals surface area (Å²) in [5.74, 6) is 2.16. The Morgan fingerprint density at radius 1 is 1.39 bits per heavy atom. The van der Waals surface area contributed by atoms with Gasteiger partial charge in [-0.15, -0.1) is 0 Å². The van der Waals surface area contributed by atoms with Gasteiger partial charge in [-0.2, -0.15) is 0 Å². The summed E-state index contributed by atoms with van der Waals surface area (Å²) < 4.78 is 0. The summed E-state index contributed by atoms with van der Waals surface area (Å²) in [6, 6.07) is 1.47. The van der Waals surface area contributed by atoms with Gasteiger partial charge in [-0.1, -0.05) is 6.92 Å². The number of carbonyl (C=O) groups is 1. The van der Waals surface area contributed by atoms with Gasteiger partial charge in [-0.3, -0.25) is 4.79 Å². The first-order valence-corrected chi connectivity index (χ1v) is 6.01. The van der Waals surface area contributed by atoms with Gasteiger partial charge in [0, 0.05) is 33.6 Å². The number of nitrogens with zero attached hydrogens (tertiary/aromatic N) is 3. The molecule has 0 bridgehead atoms. The van der Waals surface area contributed by atoms with Gasteiger partial charge in [0.05, 0.1) is 0 Å². The maximum atomic E-state index is 11.8.